The number of aromatic nitrogens is 3. The minimum Gasteiger partial charge on any atom is -0.454 e. The molecular formula is C17H17N5O2S. The van der Waals surface area contributed by atoms with Crippen LogP contribution in [0.2, 0.25) is 0 Å². The molecule has 0 unspecified atom stereocenters. The van der Waals surface area contributed by atoms with Crippen LogP contribution < -0.4 is 20.1 Å². The van der Waals surface area contributed by atoms with Gasteiger partial charge in [0.05, 0.1) is 16.3 Å². The molecule has 128 valence electrons. The third kappa shape index (κ3) is 3.20. The lowest BCUT2D eigenvalue weighted by Crippen LogP contribution is -1.97. The van der Waals surface area contributed by atoms with Gasteiger partial charge in [-0.1, -0.05) is 11.3 Å². The summed E-state index contributed by atoms with van der Waals surface area (Å²) in [5, 5.41) is 7.35. The number of nitrogens with one attached hydrogen (secondary N) is 2. The van der Waals surface area contributed by atoms with Crippen molar-refractivity contribution in [2.45, 2.75) is 13.8 Å². The quantitative estimate of drug-likeness (QED) is 0.720. The van der Waals surface area contributed by atoms with Crippen molar-refractivity contribution in [3.8, 4) is 22.1 Å². The van der Waals surface area contributed by atoms with Gasteiger partial charge in [0.2, 0.25) is 12.7 Å². The number of benzene rings is 1. The Morgan fingerprint density at radius 3 is 2.92 bits per heavy atom. The summed E-state index contributed by atoms with van der Waals surface area (Å²) in [5.41, 5.74) is 2.64. The van der Waals surface area contributed by atoms with Crippen molar-refractivity contribution in [3.05, 3.63) is 36.2 Å². The van der Waals surface area contributed by atoms with Gasteiger partial charge in [-0.05, 0) is 32.0 Å². The second kappa shape index (κ2) is 6.56. The molecule has 1 aliphatic heterocycles. The number of fused-ring (bicyclic) bond motifs is 1. The topological polar surface area (TPSA) is 81.2 Å². The first-order valence-corrected chi connectivity index (χ1v) is 8.76. The summed E-state index contributed by atoms with van der Waals surface area (Å²) >= 11 is 1.59. The molecule has 0 spiro atoms. The Morgan fingerprint density at radius 1 is 1.16 bits per heavy atom. The van der Waals surface area contributed by atoms with Crippen LogP contribution in [0, 0.1) is 6.92 Å². The third-order valence-electron chi connectivity index (χ3n) is 3.64. The predicted molar refractivity (Wildman–Crippen MR) is 97.9 cm³/mol. The lowest BCUT2D eigenvalue weighted by atomic mass is 10.3. The molecule has 2 N–H and O–H groups in total. The van der Waals surface area contributed by atoms with E-state index < -0.39 is 0 Å². The van der Waals surface area contributed by atoms with Gasteiger partial charge in [-0.25, -0.2) is 15.0 Å². The zero-order chi connectivity index (χ0) is 17.2. The van der Waals surface area contributed by atoms with E-state index in [9.17, 15) is 0 Å². The molecule has 0 atom stereocenters. The van der Waals surface area contributed by atoms with Crippen molar-refractivity contribution < 1.29 is 9.47 Å². The Morgan fingerprint density at radius 2 is 2.04 bits per heavy atom. The largest absolute Gasteiger partial charge is 0.454 e. The predicted octanol–water partition coefficient (Wildman–Crippen LogP) is 3.81. The van der Waals surface area contributed by atoms with Crippen LogP contribution in [-0.2, 0) is 0 Å². The highest BCUT2D eigenvalue weighted by Gasteiger charge is 2.15. The zero-order valence-corrected chi connectivity index (χ0v) is 14.7. The van der Waals surface area contributed by atoms with Gasteiger partial charge in [0, 0.05) is 24.5 Å². The Hall–Kier alpha value is -2.87. The fraction of sp³-hybridized carbons (Fsp3) is 0.235. The van der Waals surface area contributed by atoms with Gasteiger partial charge >= 0.3 is 0 Å². The van der Waals surface area contributed by atoms with Crippen LogP contribution in [0.5, 0.6) is 11.5 Å². The number of aryl methyl sites for hydroxylation is 1. The molecule has 1 aliphatic rings. The Balaban J connectivity index is 1.59. The maximum Gasteiger partial charge on any atom is 0.231 e. The van der Waals surface area contributed by atoms with E-state index in [1.54, 1.807) is 17.5 Å². The second-order valence-corrected chi connectivity index (χ2v) is 6.42. The molecule has 0 saturated heterocycles. The van der Waals surface area contributed by atoms with Gasteiger partial charge in [-0.3, -0.25) is 0 Å². The molecule has 7 nitrogen and oxygen atoms in total. The number of thiazole rings is 1. The highest BCUT2D eigenvalue weighted by Crippen LogP contribution is 2.35. The molecule has 0 bridgehead atoms. The van der Waals surface area contributed by atoms with Gasteiger partial charge in [0.15, 0.2) is 16.6 Å². The lowest BCUT2D eigenvalue weighted by molar-refractivity contribution is 0.174. The van der Waals surface area contributed by atoms with Crippen LogP contribution in [0.4, 0.5) is 16.8 Å². The Labute approximate surface area is 149 Å². The molecule has 8 heteroatoms. The molecule has 0 aliphatic carbocycles. The van der Waals surface area contributed by atoms with Gasteiger partial charge in [0.1, 0.15) is 0 Å². The molecule has 0 fully saturated rings. The zero-order valence-electron chi connectivity index (χ0n) is 13.9. The van der Waals surface area contributed by atoms with Crippen LogP contribution in [0.3, 0.4) is 0 Å². The average molecular weight is 355 g/mol. The molecule has 0 saturated carbocycles. The summed E-state index contributed by atoms with van der Waals surface area (Å²) in [6.07, 6.45) is 1.74. The van der Waals surface area contributed by atoms with Gasteiger partial charge in [-0.15, -0.1) is 0 Å². The van der Waals surface area contributed by atoms with Crippen molar-refractivity contribution in [2.24, 2.45) is 0 Å². The number of hydrogen-bond donors (Lipinski definition) is 2. The SMILES string of the molecule is CCNc1nc(C)c(-c2ccnc(Nc3ccc4c(c3)OCO4)n2)s1. The molecule has 0 radical (unpaired) electrons. The molecule has 1 aromatic carbocycles. The fourth-order valence-electron chi connectivity index (χ4n) is 2.51. The molecular weight excluding hydrogens is 338 g/mol. The summed E-state index contributed by atoms with van der Waals surface area (Å²) in [6.45, 7) is 5.13. The van der Waals surface area contributed by atoms with E-state index in [1.165, 1.54) is 0 Å². The second-order valence-electron chi connectivity index (χ2n) is 5.42. The molecule has 3 aromatic rings. The third-order valence-corrected chi connectivity index (χ3v) is 4.78. The van der Waals surface area contributed by atoms with E-state index in [-0.39, 0.29) is 6.79 Å². The van der Waals surface area contributed by atoms with Crippen LogP contribution in [0.1, 0.15) is 12.6 Å². The number of rotatable bonds is 5. The normalized spacial score (nSPS) is 12.2. The molecule has 4 rings (SSSR count). The summed E-state index contributed by atoms with van der Waals surface area (Å²) in [6, 6.07) is 7.54. The first kappa shape index (κ1) is 15.6. The Kier molecular flexibility index (Phi) is 4.10. The number of ether oxygens (including phenoxy) is 2. The summed E-state index contributed by atoms with van der Waals surface area (Å²) in [5.74, 6) is 1.99. The van der Waals surface area contributed by atoms with Crippen molar-refractivity contribution >= 4 is 28.1 Å². The van der Waals surface area contributed by atoms with Gasteiger partial charge < -0.3 is 20.1 Å². The minimum atomic E-state index is 0.254. The van der Waals surface area contributed by atoms with E-state index >= 15 is 0 Å². The molecule has 0 amide bonds. The van der Waals surface area contributed by atoms with E-state index in [1.807, 2.05) is 31.2 Å². The van der Waals surface area contributed by atoms with Crippen molar-refractivity contribution in [1.29, 1.82) is 0 Å². The van der Waals surface area contributed by atoms with E-state index in [4.69, 9.17) is 9.47 Å². The first-order valence-electron chi connectivity index (χ1n) is 7.94. The highest BCUT2D eigenvalue weighted by molar-refractivity contribution is 7.19. The number of anilines is 3. The maximum atomic E-state index is 5.39. The standard InChI is InChI=1S/C17H17N5O2S/c1-3-18-17-20-10(2)15(25-17)12-6-7-19-16(22-12)21-11-4-5-13-14(8-11)24-9-23-13/h4-8H,3,9H2,1-2H3,(H,18,20)(H,19,21,22). The Bertz CT molecular complexity index is 912. The summed E-state index contributed by atoms with van der Waals surface area (Å²) in [7, 11) is 0. The minimum absolute atomic E-state index is 0.254. The smallest absolute Gasteiger partial charge is 0.231 e. The van der Waals surface area contributed by atoms with Gasteiger partial charge in [-0.2, -0.15) is 0 Å². The number of hydrogen-bond acceptors (Lipinski definition) is 8. The summed E-state index contributed by atoms with van der Waals surface area (Å²) < 4.78 is 10.7. The monoisotopic (exact) mass is 355 g/mol. The van der Waals surface area contributed by atoms with E-state index in [0.29, 0.717) is 5.95 Å². The summed E-state index contributed by atoms with van der Waals surface area (Å²) in [4.78, 5) is 14.5. The van der Waals surface area contributed by atoms with Crippen LogP contribution in [0.25, 0.3) is 10.6 Å². The molecule has 3 heterocycles. The fourth-order valence-corrected chi connectivity index (χ4v) is 3.51. The van der Waals surface area contributed by atoms with Crippen LogP contribution in [-0.4, -0.2) is 28.3 Å². The number of nitrogens with zero attached hydrogens (tertiary/aromatic N) is 3. The van der Waals surface area contributed by atoms with Crippen molar-refractivity contribution in [2.75, 3.05) is 24.0 Å². The maximum absolute atomic E-state index is 5.39. The average Bonchev–Trinajstić information content (AvgIpc) is 3.21. The van der Waals surface area contributed by atoms with Gasteiger partial charge in [0.25, 0.3) is 0 Å². The van der Waals surface area contributed by atoms with E-state index in [0.717, 1.165) is 45.1 Å². The van der Waals surface area contributed by atoms with E-state index in [2.05, 4.69) is 32.5 Å². The van der Waals surface area contributed by atoms with Crippen LogP contribution in [0.15, 0.2) is 30.5 Å². The highest BCUT2D eigenvalue weighted by atomic mass is 32.1. The van der Waals surface area contributed by atoms with Crippen molar-refractivity contribution in [1.82, 2.24) is 15.0 Å². The first-order chi connectivity index (χ1) is 12.2. The van der Waals surface area contributed by atoms with Crippen LogP contribution >= 0.6 is 11.3 Å². The lowest BCUT2D eigenvalue weighted by Gasteiger charge is -2.07. The van der Waals surface area contributed by atoms with Crippen molar-refractivity contribution in [3.63, 3.8) is 0 Å². The molecule has 25 heavy (non-hydrogen) atoms. The molecule has 2 aromatic heterocycles.